The van der Waals surface area contributed by atoms with E-state index >= 15 is 0 Å². The van der Waals surface area contributed by atoms with E-state index in [2.05, 4.69) is 53.8 Å². The number of nitro benzene ring substituents is 1. The van der Waals surface area contributed by atoms with Crippen LogP contribution in [0.2, 0.25) is 0 Å². The molecule has 1 N–H and O–H groups in total. The van der Waals surface area contributed by atoms with Crippen LogP contribution in [0.1, 0.15) is 57.8 Å². The molecule has 7 nitrogen and oxygen atoms in total. The fourth-order valence-electron chi connectivity index (χ4n) is 5.59. The lowest BCUT2D eigenvalue weighted by Crippen LogP contribution is -2.39. The second-order valence-corrected chi connectivity index (χ2v) is 8.70. The van der Waals surface area contributed by atoms with Gasteiger partial charge in [0.25, 0.3) is 11.6 Å². The van der Waals surface area contributed by atoms with Gasteiger partial charge in [0, 0.05) is 24.4 Å². The maximum absolute atomic E-state index is 13.1. The number of amides is 1. The van der Waals surface area contributed by atoms with Crippen LogP contribution in [-0.4, -0.2) is 31.1 Å². The molecule has 1 atom stereocenters. The molecule has 3 aliphatic carbocycles. The zero-order chi connectivity index (χ0) is 23.8. The maximum Gasteiger partial charge on any atom is 0.286 e. The molecule has 2 bridgehead atoms. The van der Waals surface area contributed by atoms with Gasteiger partial charge in [0.1, 0.15) is 5.56 Å². The van der Waals surface area contributed by atoms with Crippen molar-refractivity contribution in [2.45, 2.75) is 25.2 Å². The first-order valence-corrected chi connectivity index (χ1v) is 11.5. The summed E-state index contributed by atoms with van der Waals surface area (Å²) in [4.78, 5) is 24.3. The van der Waals surface area contributed by atoms with E-state index in [-0.39, 0.29) is 34.6 Å². The van der Waals surface area contributed by atoms with Crippen LogP contribution in [0.3, 0.4) is 0 Å². The molecule has 0 heterocycles. The van der Waals surface area contributed by atoms with Crippen molar-refractivity contribution >= 4 is 11.6 Å². The number of hydrogen-bond acceptors (Lipinski definition) is 5. The molecular formula is C27H26N2O5. The molecule has 1 amide bonds. The Balaban J connectivity index is 1.42. The predicted octanol–water partition coefficient (Wildman–Crippen LogP) is 5.03. The predicted molar refractivity (Wildman–Crippen MR) is 128 cm³/mol. The quantitative estimate of drug-likeness (QED) is 0.396. The van der Waals surface area contributed by atoms with E-state index in [9.17, 15) is 14.9 Å². The van der Waals surface area contributed by atoms with Crippen LogP contribution in [0.15, 0.2) is 60.7 Å². The number of nitrogens with one attached hydrogen (secondary N) is 1. The second kappa shape index (κ2) is 8.82. The minimum atomic E-state index is -0.564. The summed E-state index contributed by atoms with van der Waals surface area (Å²) in [6.45, 7) is 2.53. The zero-order valence-corrected chi connectivity index (χ0v) is 19.1. The third kappa shape index (κ3) is 3.57. The third-order valence-corrected chi connectivity index (χ3v) is 6.97. The van der Waals surface area contributed by atoms with E-state index in [0.29, 0.717) is 19.1 Å². The van der Waals surface area contributed by atoms with Crippen LogP contribution in [0, 0.1) is 16.0 Å². The zero-order valence-electron chi connectivity index (χ0n) is 19.1. The van der Waals surface area contributed by atoms with E-state index in [1.54, 1.807) is 6.92 Å². The Morgan fingerprint density at radius 1 is 1.03 bits per heavy atom. The molecule has 3 aliphatic rings. The van der Waals surface area contributed by atoms with E-state index in [4.69, 9.17) is 9.47 Å². The average molecular weight is 459 g/mol. The molecule has 1 unspecified atom stereocenters. The van der Waals surface area contributed by atoms with Gasteiger partial charge in [-0.2, -0.15) is 0 Å². The molecule has 0 aliphatic heterocycles. The standard InChI is InChI=1S/C27H26N2O5/c1-3-34-25-14-23(29(31)32)22(13-24(25)33-2)27(30)28-15-16-12-21-17-8-4-6-10-19(17)26(16)20-11-7-5-9-18(20)21/h4-11,13-14,16,21,26H,3,12,15H2,1-2H3,(H,28,30). The average Bonchev–Trinajstić information content (AvgIpc) is 2.87. The first kappa shape index (κ1) is 21.9. The van der Waals surface area contributed by atoms with Crippen molar-refractivity contribution in [3.05, 3.63) is 98.6 Å². The SMILES string of the molecule is CCOc1cc([N+](=O)[O-])c(C(=O)NCC2CC3c4ccccc4C2c2ccccc23)cc1OC. The third-order valence-electron chi connectivity index (χ3n) is 6.97. The van der Waals surface area contributed by atoms with Gasteiger partial charge < -0.3 is 14.8 Å². The highest BCUT2D eigenvalue weighted by molar-refractivity contribution is 5.99. The first-order chi connectivity index (χ1) is 16.5. The Bertz CT molecular complexity index is 1220. The Hall–Kier alpha value is -3.87. The summed E-state index contributed by atoms with van der Waals surface area (Å²) in [5.74, 6) is 0.712. The molecule has 3 aromatic carbocycles. The van der Waals surface area contributed by atoms with Gasteiger partial charge in [0.2, 0.25) is 0 Å². The monoisotopic (exact) mass is 458 g/mol. The summed E-state index contributed by atoms with van der Waals surface area (Å²) in [5, 5.41) is 14.7. The van der Waals surface area contributed by atoms with Crippen LogP contribution >= 0.6 is 0 Å². The van der Waals surface area contributed by atoms with Gasteiger partial charge in [-0.15, -0.1) is 0 Å². The van der Waals surface area contributed by atoms with E-state index in [0.717, 1.165) is 6.42 Å². The molecule has 7 heteroatoms. The van der Waals surface area contributed by atoms with Crippen molar-refractivity contribution in [1.82, 2.24) is 5.32 Å². The maximum atomic E-state index is 13.1. The van der Waals surface area contributed by atoms with Gasteiger partial charge >= 0.3 is 0 Å². The minimum Gasteiger partial charge on any atom is -0.493 e. The Kier molecular flexibility index (Phi) is 5.69. The number of ether oxygens (including phenoxy) is 2. The first-order valence-electron chi connectivity index (χ1n) is 11.5. The summed E-state index contributed by atoms with van der Waals surface area (Å²) in [6.07, 6.45) is 0.924. The Morgan fingerprint density at radius 3 is 2.21 bits per heavy atom. The Morgan fingerprint density at radius 2 is 1.65 bits per heavy atom. The highest BCUT2D eigenvalue weighted by Gasteiger charge is 2.43. The van der Waals surface area contributed by atoms with Gasteiger partial charge in [0.15, 0.2) is 11.5 Å². The van der Waals surface area contributed by atoms with Gasteiger partial charge in [-0.3, -0.25) is 14.9 Å². The number of nitrogens with zero attached hydrogens (tertiary/aromatic N) is 1. The van der Waals surface area contributed by atoms with Crippen LogP contribution in [-0.2, 0) is 0 Å². The molecule has 0 fully saturated rings. The number of nitro groups is 1. The molecule has 34 heavy (non-hydrogen) atoms. The number of methoxy groups -OCH3 is 1. The molecule has 6 rings (SSSR count). The van der Waals surface area contributed by atoms with E-state index in [1.165, 1.54) is 41.5 Å². The molecular weight excluding hydrogens is 432 g/mol. The largest absolute Gasteiger partial charge is 0.493 e. The summed E-state index contributed by atoms with van der Waals surface area (Å²) < 4.78 is 10.8. The highest BCUT2D eigenvalue weighted by Crippen LogP contribution is 2.55. The number of carbonyl (C=O) groups excluding carboxylic acids is 1. The molecule has 174 valence electrons. The summed E-state index contributed by atoms with van der Waals surface area (Å²) in [7, 11) is 1.44. The number of benzene rings is 3. The molecule has 3 aromatic rings. The fraction of sp³-hybridized carbons (Fsp3) is 0.296. The summed E-state index contributed by atoms with van der Waals surface area (Å²) >= 11 is 0. The van der Waals surface area contributed by atoms with Crippen molar-refractivity contribution in [1.29, 1.82) is 0 Å². The van der Waals surface area contributed by atoms with Crippen molar-refractivity contribution < 1.29 is 19.2 Å². The molecule has 0 saturated carbocycles. The summed E-state index contributed by atoms with van der Waals surface area (Å²) in [6, 6.07) is 19.7. The van der Waals surface area contributed by atoms with Crippen molar-refractivity contribution in [3.63, 3.8) is 0 Å². The number of carbonyl (C=O) groups is 1. The summed E-state index contributed by atoms with van der Waals surface area (Å²) in [5.41, 5.74) is 5.01. The van der Waals surface area contributed by atoms with Crippen LogP contribution in [0.5, 0.6) is 11.5 Å². The van der Waals surface area contributed by atoms with E-state index in [1.807, 2.05) is 0 Å². The lowest BCUT2D eigenvalue weighted by atomic mass is 9.59. The van der Waals surface area contributed by atoms with Gasteiger partial charge in [0.05, 0.1) is 24.7 Å². The lowest BCUT2D eigenvalue weighted by molar-refractivity contribution is -0.385. The van der Waals surface area contributed by atoms with Crippen molar-refractivity contribution in [3.8, 4) is 11.5 Å². The Labute approximate surface area is 197 Å². The molecule has 0 spiro atoms. The van der Waals surface area contributed by atoms with Crippen LogP contribution in [0.4, 0.5) is 5.69 Å². The molecule has 0 saturated heterocycles. The second-order valence-electron chi connectivity index (χ2n) is 8.70. The van der Waals surface area contributed by atoms with Crippen molar-refractivity contribution in [2.24, 2.45) is 5.92 Å². The van der Waals surface area contributed by atoms with Gasteiger partial charge in [-0.1, -0.05) is 48.5 Å². The molecule has 0 radical (unpaired) electrons. The van der Waals surface area contributed by atoms with Gasteiger partial charge in [-0.05, 0) is 41.5 Å². The highest BCUT2D eigenvalue weighted by atomic mass is 16.6. The van der Waals surface area contributed by atoms with E-state index < -0.39 is 10.8 Å². The van der Waals surface area contributed by atoms with Gasteiger partial charge in [-0.25, -0.2) is 0 Å². The normalized spacial score (nSPS) is 19.6. The smallest absolute Gasteiger partial charge is 0.286 e. The van der Waals surface area contributed by atoms with Crippen molar-refractivity contribution in [2.75, 3.05) is 20.3 Å². The number of rotatable bonds is 7. The lowest BCUT2D eigenvalue weighted by Gasteiger charge is -2.45. The van der Waals surface area contributed by atoms with Crippen LogP contribution < -0.4 is 14.8 Å². The number of fused-ring (bicyclic) bond motifs is 1. The topological polar surface area (TPSA) is 90.7 Å². The van der Waals surface area contributed by atoms with Crippen LogP contribution in [0.25, 0.3) is 0 Å². The molecule has 0 aromatic heterocycles. The number of hydrogen-bond donors (Lipinski definition) is 1. The minimum absolute atomic E-state index is 0.0351. The fourth-order valence-corrected chi connectivity index (χ4v) is 5.59.